The van der Waals surface area contributed by atoms with E-state index in [1.165, 1.54) is 43.3 Å². The number of carbonyl (C=O) groups excluding carboxylic acids is 2. The van der Waals surface area contributed by atoms with Crippen LogP contribution in [0.4, 0.5) is 0 Å². The molecule has 6 heteroatoms. The molecule has 3 atom stereocenters. The number of carbonyl (C=O) groups is 2. The van der Waals surface area contributed by atoms with Gasteiger partial charge in [-0.3, -0.25) is 20.4 Å². The van der Waals surface area contributed by atoms with Crippen LogP contribution in [0, 0.1) is 11.8 Å². The van der Waals surface area contributed by atoms with Gasteiger partial charge in [0.2, 0.25) is 0 Å². The second kappa shape index (κ2) is 6.96. The van der Waals surface area contributed by atoms with Crippen LogP contribution in [0.2, 0.25) is 0 Å². The van der Waals surface area contributed by atoms with Gasteiger partial charge in [0.15, 0.2) is 12.3 Å². The van der Waals surface area contributed by atoms with E-state index in [9.17, 15) is 9.59 Å². The Kier molecular flexibility index (Phi) is 4.77. The van der Waals surface area contributed by atoms with Crippen molar-refractivity contribution in [2.24, 2.45) is 11.8 Å². The van der Waals surface area contributed by atoms with Crippen molar-refractivity contribution in [3.8, 4) is 0 Å². The maximum atomic E-state index is 12.0. The number of nitrogens with one attached hydrogen (secondary N) is 3. The molecule has 1 aliphatic heterocycles. The van der Waals surface area contributed by atoms with Gasteiger partial charge in [-0.05, 0) is 37.3 Å². The van der Waals surface area contributed by atoms with E-state index in [2.05, 4.69) is 10.9 Å². The first-order chi connectivity index (χ1) is 10.7. The summed E-state index contributed by atoms with van der Waals surface area (Å²) >= 11 is 0. The molecule has 3 N–H and O–H groups in total. The van der Waals surface area contributed by atoms with E-state index in [1.54, 1.807) is 12.1 Å². The van der Waals surface area contributed by atoms with E-state index < -0.39 is 5.91 Å². The summed E-state index contributed by atoms with van der Waals surface area (Å²) in [4.78, 5) is 25.0. The monoisotopic (exact) mass is 306 g/mol. The smallest absolute Gasteiger partial charge is 0.305 e. The fourth-order valence-corrected chi connectivity index (χ4v) is 3.82. The fourth-order valence-electron chi connectivity index (χ4n) is 3.82. The lowest BCUT2D eigenvalue weighted by atomic mass is 9.75. The lowest BCUT2D eigenvalue weighted by Gasteiger charge is -2.38. The highest BCUT2D eigenvalue weighted by Crippen LogP contribution is 2.32. The molecule has 3 rings (SSSR count). The zero-order valence-electron chi connectivity index (χ0n) is 12.8. The van der Waals surface area contributed by atoms with Gasteiger partial charge in [0.1, 0.15) is 0 Å². The third-order valence-electron chi connectivity index (χ3n) is 4.96. The van der Waals surface area contributed by atoms with Crippen molar-refractivity contribution in [2.75, 3.05) is 19.6 Å². The molecule has 1 aromatic rings. The highest BCUT2D eigenvalue weighted by Gasteiger charge is 2.34. The molecule has 1 saturated carbocycles. The van der Waals surface area contributed by atoms with Crippen LogP contribution in [0.5, 0.6) is 0 Å². The molecule has 0 aromatic carbocycles. The van der Waals surface area contributed by atoms with Crippen LogP contribution in [-0.2, 0) is 4.79 Å². The fraction of sp³-hybridized carbons (Fsp3) is 0.625. The molecule has 0 spiro atoms. The summed E-state index contributed by atoms with van der Waals surface area (Å²) in [5, 5.41) is 0. The second-order valence-corrected chi connectivity index (χ2v) is 6.45. The number of fused-ring (bicyclic) bond motifs is 1. The Hall–Kier alpha value is -1.82. The molecule has 22 heavy (non-hydrogen) atoms. The SMILES string of the molecule is O=C(C[NH+]1CC[C@H]2CCCC[C@@H]2C1)NNC(=O)c1ccco1. The minimum Gasteiger partial charge on any atom is -0.459 e. The Labute approximate surface area is 130 Å². The molecule has 2 heterocycles. The van der Waals surface area contributed by atoms with Gasteiger partial charge >= 0.3 is 5.91 Å². The highest BCUT2D eigenvalue weighted by molar-refractivity contribution is 5.92. The van der Waals surface area contributed by atoms with E-state index in [-0.39, 0.29) is 11.7 Å². The molecule has 1 aromatic heterocycles. The Morgan fingerprint density at radius 1 is 1.18 bits per heavy atom. The molecule has 120 valence electrons. The Morgan fingerprint density at radius 2 is 2.00 bits per heavy atom. The normalized spacial score (nSPS) is 27.7. The summed E-state index contributed by atoms with van der Waals surface area (Å²) < 4.78 is 4.97. The minimum atomic E-state index is -0.431. The molecule has 1 saturated heterocycles. The molecule has 0 bridgehead atoms. The maximum absolute atomic E-state index is 12.0. The van der Waals surface area contributed by atoms with Gasteiger partial charge in [-0.1, -0.05) is 12.8 Å². The van der Waals surface area contributed by atoms with Crippen LogP contribution < -0.4 is 15.8 Å². The van der Waals surface area contributed by atoms with Gasteiger partial charge in [-0.25, -0.2) is 0 Å². The van der Waals surface area contributed by atoms with Gasteiger partial charge in [0, 0.05) is 5.92 Å². The predicted molar refractivity (Wildman–Crippen MR) is 79.9 cm³/mol. The van der Waals surface area contributed by atoms with Gasteiger partial charge in [0.05, 0.1) is 19.4 Å². The number of hydrogen-bond acceptors (Lipinski definition) is 3. The Bertz CT molecular complexity index is 515. The van der Waals surface area contributed by atoms with E-state index in [1.807, 2.05) is 0 Å². The van der Waals surface area contributed by atoms with Crippen molar-refractivity contribution in [2.45, 2.75) is 32.1 Å². The summed E-state index contributed by atoms with van der Waals surface area (Å²) in [6.45, 7) is 2.56. The van der Waals surface area contributed by atoms with Crippen molar-refractivity contribution in [1.29, 1.82) is 0 Å². The topological polar surface area (TPSA) is 75.8 Å². The summed E-state index contributed by atoms with van der Waals surface area (Å²) in [5.74, 6) is 1.27. The molecular formula is C16H24N3O3+. The Morgan fingerprint density at radius 3 is 2.77 bits per heavy atom. The number of rotatable bonds is 3. The average Bonchev–Trinajstić information content (AvgIpc) is 3.07. The molecular weight excluding hydrogens is 282 g/mol. The Balaban J connectivity index is 1.41. The number of hydrogen-bond donors (Lipinski definition) is 3. The van der Waals surface area contributed by atoms with Crippen molar-refractivity contribution < 1.29 is 18.9 Å². The zero-order chi connectivity index (χ0) is 15.4. The molecule has 0 radical (unpaired) electrons. The van der Waals surface area contributed by atoms with E-state index in [0.29, 0.717) is 6.54 Å². The third kappa shape index (κ3) is 3.68. The molecule has 2 aliphatic rings. The summed E-state index contributed by atoms with van der Waals surface area (Å²) in [6.07, 6.45) is 8.03. The van der Waals surface area contributed by atoms with E-state index >= 15 is 0 Å². The zero-order valence-corrected chi connectivity index (χ0v) is 12.8. The standard InChI is InChI=1S/C16H23N3O3/c20-15(17-18-16(21)14-6-3-9-22-14)11-19-8-7-12-4-1-2-5-13(12)10-19/h3,6,9,12-13H,1-2,4-5,7-8,10-11H2,(H,17,20)(H,18,21)/p+1/t12-,13-/m1/s1. The molecule has 2 fully saturated rings. The van der Waals surface area contributed by atoms with Crippen LogP contribution in [0.25, 0.3) is 0 Å². The number of amides is 2. The number of piperidine rings is 1. The van der Waals surface area contributed by atoms with Crippen LogP contribution >= 0.6 is 0 Å². The molecule has 2 amide bonds. The van der Waals surface area contributed by atoms with Crippen LogP contribution in [0.1, 0.15) is 42.7 Å². The maximum Gasteiger partial charge on any atom is 0.305 e. The van der Waals surface area contributed by atoms with E-state index in [0.717, 1.165) is 24.9 Å². The van der Waals surface area contributed by atoms with Crippen LogP contribution in [0.3, 0.4) is 0 Å². The minimum absolute atomic E-state index is 0.149. The quantitative estimate of drug-likeness (QED) is 0.695. The number of hydrazine groups is 1. The lowest BCUT2D eigenvalue weighted by Crippen LogP contribution is -3.15. The molecule has 1 unspecified atom stereocenters. The summed E-state index contributed by atoms with van der Waals surface area (Å²) in [7, 11) is 0. The summed E-state index contributed by atoms with van der Waals surface area (Å²) in [5.41, 5.74) is 4.86. The second-order valence-electron chi connectivity index (χ2n) is 6.45. The van der Waals surface area contributed by atoms with Crippen molar-refractivity contribution in [1.82, 2.24) is 10.9 Å². The number of furan rings is 1. The number of quaternary nitrogens is 1. The first-order valence-corrected chi connectivity index (χ1v) is 8.18. The first kappa shape index (κ1) is 15.1. The highest BCUT2D eigenvalue weighted by atomic mass is 16.3. The van der Waals surface area contributed by atoms with Gasteiger partial charge in [0.25, 0.3) is 5.91 Å². The number of likely N-dealkylation sites (tertiary alicyclic amines) is 1. The van der Waals surface area contributed by atoms with Gasteiger partial charge < -0.3 is 9.32 Å². The van der Waals surface area contributed by atoms with Crippen molar-refractivity contribution in [3.05, 3.63) is 24.2 Å². The third-order valence-corrected chi connectivity index (χ3v) is 4.96. The van der Waals surface area contributed by atoms with Crippen molar-refractivity contribution in [3.63, 3.8) is 0 Å². The van der Waals surface area contributed by atoms with Gasteiger partial charge in [-0.15, -0.1) is 0 Å². The summed E-state index contributed by atoms with van der Waals surface area (Å²) in [6, 6.07) is 3.19. The first-order valence-electron chi connectivity index (χ1n) is 8.18. The van der Waals surface area contributed by atoms with Crippen LogP contribution in [-0.4, -0.2) is 31.4 Å². The average molecular weight is 306 g/mol. The largest absolute Gasteiger partial charge is 0.459 e. The van der Waals surface area contributed by atoms with Crippen LogP contribution in [0.15, 0.2) is 22.8 Å². The predicted octanol–water partition coefficient (Wildman–Crippen LogP) is 0.136. The molecule has 1 aliphatic carbocycles. The van der Waals surface area contributed by atoms with Gasteiger partial charge in [-0.2, -0.15) is 0 Å². The van der Waals surface area contributed by atoms with Crippen molar-refractivity contribution >= 4 is 11.8 Å². The lowest BCUT2D eigenvalue weighted by molar-refractivity contribution is -0.902. The molecule has 6 nitrogen and oxygen atoms in total. The van der Waals surface area contributed by atoms with E-state index in [4.69, 9.17) is 4.42 Å².